The van der Waals surface area contributed by atoms with E-state index in [1.54, 1.807) is 0 Å². The monoisotopic (exact) mass is 272 g/mol. The highest BCUT2D eigenvalue weighted by Gasteiger charge is 2.40. The molecule has 2 aliphatic rings. The van der Waals surface area contributed by atoms with E-state index in [1.807, 2.05) is 0 Å². The summed E-state index contributed by atoms with van der Waals surface area (Å²) in [7, 11) is 2.24. The normalized spacial score (nSPS) is 31.7. The number of fused-ring (bicyclic) bond motifs is 2. The predicted octanol–water partition coefficient (Wildman–Crippen LogP) is 3.23. The van der Waals surface area contributed by atoms with Gasteiger partial charge in [-0.15, -0.1) is 0 Å². The summed E-state index contributed by atoms with van der Waals surface area (Å²) in [6, 6.07) is 10.5. The molecule has 110 valence electrons. The van der Waals surface area contributed by atoms with Crippen molar-refractivity contribution in [2.24, 2.45) is 23.5 Å². The Kier molecular flexibility index (Phi) is 3.87. The molecule has 2 aliphatic carbocycles. The highest BCUT2D eigenvalue weighted by atomic mass is 15.1. The van der Waals surface area contributed by atoms with Crippen molar-refractivity contribution in [1.29, 1.82) is 0 Å². The molecular formula is C18H28N2. The Bertz CT molecular complexity index is 440. The minimum atomic E-state index is -0.256. The second-order valence-corrected chi connectivity index (χ2v) is 7.42. The predicted molar refractivity (Wildman–Crippen MR) is 84.4 cm³/mol. The molecule has 0 saturated heterocycles. The standard InChI is InChI=1S/C18H28N2/c1-18(19,17-6-4-3-5-7-17)13-20(2)12-16-11-14-8-9-15(16)10-14/h3-7,14-16H,8-13,19H2,1-2H3. The fraction of sp³-hybridized carbons (Fsp3) is 0.667. The Balaban J connectivity index is 1.57. The first kappa shape index (κ1) is 14.1. The third-order valence-corrected chi connectivity index (χ3v) is 5.46. The molecule has 4 atom stereocenters. The molecule has 1 aromatic carbocycles. The van der Waals surface area contributed by atoms with Gasteiger partial charge < -0.3 is 10.6 Å². The van der Waals surface area contributed by atoms with Gasteiger partial charge in [-0.05, 0) is 56.6 Å². The topological polar surface area (TPSA) is 29.3 Å². The Morgan fingerprint density at radius 3 is 2.55 bits per heavy atom. The Morgan fingerprint density at radius 2 is 1.95 bits per heavy atom. The summed E-state index contributed by atoms with van der Waals surface area (Å²) in [6.07, 6.45) is 5.92. The second kappa shape index (κ2) is 5.50. The Hall–Kier alpha value is -0.860. The number of likely N-dealkylation sites (N-methyl/N-ethyl adjacent to an activating group) is 1. The van der Waals surface area contributed by atoms with Gasteiger partial charge in [0.25, 0.3) is 0 Å². The van der Waals surface area contributed by atoms with E-state index in [0.29, 0.717) is 0 Å². The van der Waals surface area contributed by atoms with Gasteiger partial charge >= 0.3 is 0 Å². The Morgan fingerprint density at radius 1 is 1.20 bits per heavy atom. The molecule has 2 nitrogen and oxygen atoms in total. The van der Waals surface area contributed by atoms with E-state index < -0.39 is 0 Å². The number of benzene rings is 1. The van der Waals surface area contributed by atoms with Crippen molar-refractivity contribution in [3.05, 3.63) is 35.9 Å². The van der Waals surface area contributed by atoms with E-state index in [-0.39, 0.29) is 5.54 Å². The molecule has 4 unspecified atom stereocenters. The maximum absolute atomic E-state index is 6.55. The lowest BCUT2D eigenvalue weighted by molar-refractivity contribution is 0.189. The maximum Gasteiger partial charge on any atom is 0.0509 e. The summed E-state index contributed by atoms with van der Waals surface area (Å²) in [5.74, 6) is 2.96. The molecule has 0 heterocycles. The molecule has 0 spiro atoms. The third kappa shape index (κ3) is 2.91. The fourth-order valence-electron chi connectivity index (χ4n) is 4.54. The molecular weight excluding hydrogens is 244 g/mol. The van der Waals surface area contributed by atoms with E-state index in [9.17, 15) is 0 Å². The fourth-order valence-corrected chi connectivity index (χ4v) is 4.54. The van der Waals surface area contributed by atoms with Crippen LogP contribution in [0.1, 0.15) is 38.2 Å². The van der Waals surface area contributed by atoms with Crippen LogP contribution < -0.4 is 5.73 Å². The largest absolute Gasteiger partial charge is 0.321 e. The first-order valence-electron chi connectivity index (χ1n) is 8.07. The number of nitrogens with two attached hydrogens (primary N) is 1. The lowest BCUT2D eigenvalue weighted by Gasteiger charge is -2.34. The highest BCUT2D eigenvalue weighted by molar-refractivity contribution is 5.23. The molecule has 3 rings (SSSR count). The van der Waals surface area contributed by atoms with Crippen LogP contribution >= 0.6 is 0 Å². The lowest BCUT2D eigenvalue weighted by Crippen LogP contribution is -2.45. The lowest BCUT2D eigenvalue weighted by atomic mass is 9.87. The van der Waals surface area contributed by atoms with Crippen molar-refractivity contribution >= 4 is 0 Å². The van der Waals surface area contributed by atoms with Crippen LogP contribution in [-0.2, 0) is 5.54 Å². The molecule has 2 N–H and O–H groups in total. The molecule has 2 saturated carbocycles. The second-order valence-electron chi connectivity index (χ2n) is 7.42. The van der Waals surface area contributed by atoms with E-state index in [2.05, 4.69) is 49.2 Å². The quantitative estimate of drug-likeness (QED) is 0.891. The summed E-state index contributed by atoms with van der Waals surface area (Å²) in [5.41, 5.74) is 7.53. The van der Waals surface area contributed by atoms with E-state index in [1.165, 1.54) is 37.8 Å². The molecule has 0 aliphatic heterocycles. The highest BCUT2D eigenvalue weighted by Crippen LogP contribution is 2.48. The molecule has 0 aromatic heterocycles. The van der Waals surface area contributed by atoms with Crippen molar-refractivity contribution in [3.8, 4) is 0 Å². The van der Waals surface area contributed by atoms with Crippen LogP contribution in [0.15, 0.2) is 30.3 Å². The number of rotatable bonds is 5. The van der Waals surface area contributed by atoms with Crippen LogP contribution in [0, 0.1) is 17.8 Å². The molecule has 0 amide bonds. The van der Waals surface area contributed by atoms with Gasteiger partial charge in [-0.2, -0.15) is 0 Å². The third-order valence-electron chi connectivity index (χ3n) is 5.46. The van der Waals surface area contributed by atoms with Crippen LogP contribution in [0.2, 0.25) is 0 Å². The molecule has 2 bridgehead atoms. The van der Waals surface area contributed by atoms with Gasteiger partial charge in [-0.25, -0.2) is 0 Å². The minimum Gasteiger partial charge on any atom is -0.321 e. The summed E-state index contributed by atoms with van der Waals surface area (Å²) in [4.78, 5) is 2.46. The van der Waals surface area contributed by atoms with Crippen LogP contribution in [0.3, 0.4) is 0 Å². The average molecular weight is 272 g/mol. The van der Waals surface area contributed by atoms with Gasteiger partial charge in [0.2, 0.25) is 0 Å². The smallest absolute Gasteiger partial charge is 0.0509 e. The van der Waals surface area contributed by atoms with Crippen LogP contribution in [0.5, 0.6) is 0 Å². The first-order chi connectivity index (χ1) is 9.54. The van der Waals surface area contributed by atoms with Crippen LogP contribution in [-0.4, -0.2) is 25.0 Å². The zero-order chi connectivity index (χ0) is 14.2. The minimum absolute atomic E-state index is 0.256. The summed E-state index contributed by atoms with van der Waals surface area (Å²) in [6.45, 7) is 4.31. The number of nitrogens with zero attached hydrogens (tertiary/aromatic N) is 1. The van der Waals surface area contributed by atoms with Crippen molar-refractivity contribution in [2.45, 2.75) is 38.1 Å². The van der Waals surface area contributed by atoms with Crippen molar-refractivity contribution in [1.82, 2.24) is 4.90 Å². The van der Waals surface area contributed by atoms with Gasteiger partial charge in [-0.1, -0.05) is 36.8 Å². The molecule has 2 fully saturated rings. The summed E-state index contributed by atoms with van der Waals surface area (Å²) < 4.78 is 0. The van der Waals surface area contributed by atoms with E-state index in [0.717, 1.165) is 24.3 Å². The molecule has 20 heavy (non-hydrogen) atoms. The van der Waals surface area contributed by atoms with Gasteiger partial charge in [0.1, 0.15) is 0 Å². The van der Waals surface area contributed by atoms with Crippen molar-refractivity contribution in [2.75, 3.05) is 20.1 Å². The van der Waals surface area contributed by atoms with E-state index in [4.69, 9.17) is 5.73 Å². The SMILES string of the molecule is CN(CC1CC2CCC1C2)CC(C)(N)c1ccccc1. The molecule has 2 heteroatoms. The molecule has 1 aromatic rings. The number of hydrogen-bond donors (Lipinski definition) is 1. The first-order valence-corrected chi connectivity index (χ1v) is 8.07. The van der Waals surface area contributed by atoms with Gasteiger partial charge in [0, 0.05) is 13.1 Å². The zero-order valence-electron chi connectivity index (χ0n) is 12.9. The zero-order valence-corrected chi connectivity index (χ0v) is 12.9. The maximum atomic E-state index is 6.55. The van der Waals surface area contributed by atoms with Gasteiger partial charge in [0.05, 0.1) is 5.54 Å². The number of hydrogen-bond acceptors (Lipinski definition) is 2. The van der Waals surface area contributed by atoms with Gasteiger partial charge in [0.15, 0.2) is 0 Å². The summed E-state index contributed by atoms with van der Waals surface area (Å²) in [5, 5.41) is 0. The van der Waals surface area contributed by atoms with Crippen LogP contribution in [0.4, 0.5) is 0 Å². The van der Waals surface area contributed by atoms with Crippen LogP contribution in [0.25, 0.3) is 0 Å². The van der Waals surface area contributed by atoms with Crippen molar-refractivity contribution < 1.29 is 0 Å². The molecule has 0 radical (unpaired) electrons. The Labute approximate surface area is 123 Å². The van der Waals surface area contributed by atoms with Crippen molar-refractivity contribution in [3.63, 3.8) is 0 Å². The van der Waals surface area contributed by atoms with Gasteiger partial charge in [-0.3, -0.25) is 0 Å². The summed E-state index contributed by atoms with van der Waals surface area (Å²) >= 11 is 0. The van der Waals surface area contributed by atoms with E-state index >= 15 is 0 Å². The average Bonchev–Trinajstić information content (AvgIpc) is 3.01.